The van der Waals surface area contributed by atoms with Crippen molar-refractivity contribution in [2.75, 3.05) is 13.2 Å². The van der Waals surface area contributed by atoms with Crippen molar-refractivity contribution in [1.29, 1.82) is 0 Å². The zero-order valence-corrected chi connectivity index (χ0v) is 41.8. The maximum atomic E-state index is 12.8. The first kappa shape index (κ1) is 60.4. The molecule has 0 aliphatic heterocycles. The molecule has 0 rings (SSSR count). The quantitative estimate of drug-likeness (QED) is 0.0262. The van der Waals surface area contributed by atoms with Crippen molar-refractivity contribution in [2.45, 2.75) is 284 Å². The van der Waals surface area contributed by atoms with Crippen molar-refractivity contribution < 1.29 is 28.6 Å². The molecule has 0 heterocycles. The van der Waals surface area contributed by atoms with E-state index in [0.717, 1.165) is 96.3 Å². The van der Waals surface area contributed by atoms with E-state index >= 15 is 0 Å². The minimum atomic E-state index is -0.785. The number of hydrogen-bond donors (Lipinski definition) is 0. The van der Waals surface area contributed by atoms with E-state index < -0.39 is 6.10 Å². The molecule has 0 aromatic rings. The van der Waals surface area contributed by atoms with Gasteiger partial charge in [0.2, 0.25) is 0 Å². The summed E-state index contributed by atoms with van der Waals surface area (Å²) in [7, 11) is 0. The van der Waals surface area contributed by atoms with E-state index in [1.54, 1.807) is 0 Å². The van der Waals surface area contributed by atoms with E-state index in [4.69, 9.17) is 14.2 Å². The molecule has 0 aliphatic carbocycles. The van der Waals surface area contributed by atoms with E-state index in [2.05, 4.69) is 69.4 Å². The number of carbonyl (C=O) groups is 3. The van der Waals surface area contributed by atoms with Gasteiger partial charge in [0.15, 0.2) is 6.10 Å². The number of allylic oxidation sites excluding steroid dienone is 8. The Morgan fingerprint density at radius 1 is 0.333 bits per heavy atom. The second-order valence-electron chi connectivity index (χ2n) is 18.1. The monoisotopic (exact) mass is 883 g/mol. The Morgan fingerprint density at radius 2 is 0.619 bits per heavy atom. The van der Waals surface area contributed by atoms with Crippen LogP contribution in [0.5, 0.6) is 0 Å². The maximum absolute atomic E-state index is 12.8. The highest BCUT2D eigenvalue weighted by atomic mass is 16.6. The predicted octanol–water partition coefficient (Wildman–Crippen LogP) is 17.9. The summed E-state index contributed by atoms with van der Waals surface area (Å²) in [6, 6.07) is 0. The second kappa shape index (κ2) is 52.0. The van der Waals surface area contributed by atoms with Gasteiger partial charge in [0.25, 0.3) is 0 Å². The van der Waals surface area contributed by atoms with Crippen LogP contribution in [0, 0.1) is 0 Å². The Labute approximate surface area is 390 Å². The summed E-state index contributed by atoms with van der Waals surface area (Å²) in [4.78, 5) is 38.0. The number of unbranched alkanes of at least 4 members (excludes halogenated alkanes) is 30. The molecule has 0 radical (unpaired) electrons. The van der Waals surface area contributed by atoms with Crippen molar-refractivity contribution in [1.82, 2.24) is 0 Å². The molecule has 0 bridgehead atoms. The number of hydrogen-bond acceptors (Lipinski definition) is 6. The van der Waals surface area contributed by atoms with Crippen LogP contribution < -0.4 is 0 Å². The van der Waals surface area contributed by atoms with Gasteiger partial charge in [0, 0.05) is 19.3 Å². The van der Waals surface area contributed by atoms with Crippen LogP contribution in [0.2, 0.25) is 0 Å². The fourth-order valence-electron chi connectivity index (χ4n) is 7.75. The van der Waals surface area contributed by atoms with Gasteiger partial charge >= 0.3 is 17.9 Å². The third kappa shape index (κ3) is 50.2. The van der Waals surface area contributed by atoms with Gasteiger partial charge in [0.05, 0.1) is 0 Å². The van der Waals surface area contributed by atoms with Crippen molar-refractivity contribution >= 4 is 17.9 Å². The third-order valence-corrected chi connectivity index (χ3v) is 11.8. The Kier molecular flexibility index (Phi) is 49.8. The molecular formula is C57H102O6. The van der Waals surface area contributed by atoms with Crippen molar-refractivity contribution in [3.63, 3.8) is 0 Å². The Morgan fingerprint density at radius 3 is 1.02 bits per heavy atom. The van der Waals surface area contributed by atoms with E-state index in [1.807, 2.05) is 0 Å². The molecule has 0 saturated carbocycles. The minimum absolute atomic E-state index is 0.0823. The fraction of sp³-hybridized carbons (Fsp3) is 0.807. The van der Waals surface area contributed by atoms with Crippen LogP contribution in [0.25, 0.3) is 0 Å². The standard InChI is InChI=1S/C57H102O6/c1-4-7-10-13-16-19-22-25-27-28-29-30-31-33-35-38-41-44-47-50-56(59)62-53-54(52-61-55(58)49-46-43-40-37-34-24-21-18-15-12-9-6-3)63-57(60)51-48-45-42-39-36-32-26-23-20-17-14-11-8-5-2/h8,11,17-18,20-21,26,32,54H,4-7,9-10,12-16,19,22-25,27-31,33-53H2,1-3H3/b11-8-,20-17-,21-18-,32-26-. The van der Waals surface area contributed by atoms with E-state index in [9.17, 15) is 14.4 Å². The zero-order chi connectivity index (χ0) is 45.8. The largest absolute Gasteiger partial charge is 0.462 e. The number of ether oxygens (including phenoxy) is 3. The molecule has 0 fully saturated rings. The molecule has 1 unspecified atom stereocenters. The lowest BCUT2D eigenvalue weighted by Crippen LogP contribution is -2.30. The van der Waals surface area contributed by atoms with Crippen molar-refractivity contribution in [3.05, 3.63) is 48.6 Å². The Hall–Kier alpha value is -2.63. The predicted molar refractivity (Wildman–Crippen MR) is 270 cm³/mol. The Balaban J connectivity index is 4.33. The van der Waals surface area contributed by atoms with Crippen LogP contribution in [0.1, 0.15) is 278 Å². The van der Waals surface area contributed by atoms with Gasteiger partial charge < -0.3 is 14.2 Å². The third-order valence-electron chi connectivity index (χ3n) is 11.8. The van der Waals surface area contributed by atoms with E-state index in [-0.39, 0.29) is 31.1 Å². The minimum Gasteiger partial charge on any atom is -0.462 e. The van der Waals surface area contributed by atoms with Crippen molar-refractivity contribution in [3.8, 4) is 0 Å². The van der Waals surface area contributed by atoms with Gasteiger partial charge in [-0.15, -0.1) is 0 Å². The molecule has 0 spiro atoms. The highest BCUT2D eigenvalue weighted by molar-refractivity contribution is 5.71. The number of rotatable bonds is 49. The maximum Gasteiger partial charge on any atom is 0.306 e. The van der Waals surface area contributed by atoms with Crippen LogP contribution in [0.15, 0.2) is 48.6 Å². The first-order chi connectivity index (χ1) is 31.0. The number of carbonyl (C=O) groups excluding carboxylic acids is 3. The molecule has 6 heteroatoms. The fourth-order valence-corrected chi connectivity index (χ4v) is 7.75. The SMILES string of the molecule is CC/C=C\C/C=C\C/C=C\CCCCCCC(=O)OC(COC(=O)CCCCCCC/C=C\CCCCC)COC(=O)CCCCCCCCCCCCCCCCCCCCC. The average Bonchev–Trinajstić information content (AvgIpc) is 3.28. The smallest absolute Gasteiger partial charge is 0.306 e. The average molecular weight is 883 g/mol. The first-order valence-electron chi connectivity index (χ1n) is 27.1. The lowest BCUT2D eigenvalue weighted by molar-refractivity contribution is -0.167. The van der Waals surface area contributed by atoms with E-state index in [0.29, 0.717) is 19.3 Å². The van der Waals surface area contributed by atoms with Crippen molar-refractivity contribution in [2.24, 2.45) is 0 Å². The number of esters is 3. The molecule has 366 valence electrons. The van der Waals surface area contributed by atoms with Gasteiger partial charge in [-0.3, -0.25) is 14.4 Å². The summed E-state index contributed by atoms with van der Waals surface area (Å²) in [5.74, 6) is -0.904. The molecule has 0 aliphatic rings. The zero-order valence-electron chi connectivity index (χ0n) is 41.8. The van der Waals surface area contributed by atoms with Crippen LogP contribution in [-0.2, 0) is 28.6 Å². The van der Waals surface area contributed by atoms with Crippen LogP contribution in [0.3, 0.4) is 0 Å². The molecule has 6 nitrogen and oxygen atoms in total. The van der Waals surface area contributed by atoms with Gasteiger partial charge in [-0.05, 0) is 77.0 Å². The molecule has 0 N–H and O–H groups in total. The Bertz CT molecular complexity index is 1110. The van der Waals surface area contributed by atoms with Gasteiger partial charge in [-0.2, -0.15) is 0 Å². The normalized spacial score (nSPS) is 12.4. The van der Waals surface area contributed by atoms with Crippen LogP contribution >= 0.6 is 0 Å². The molecule has 0 amide bonds. The highest BCUT2D eigenvalue weighted by Crippen LogP contribution is 2.16. The summed E-state index contributed by atoms with van der Waals surface area (Å²) in [5.41, 5.74) is 0. The molecule has 0 aromatic heterocycles. The lowest BCUT2D eigenvalue weighted by Gasteiger charge is -2.18. The van der Waals surface area contributed by atoms with Gasteiger partial charge in [-0.25, -0.2) is 0 Å². The first-order valence-corrected chi connectivity index (χ1v) is 27.1. The second-order valence-corrected chi connectivity index (χ2v) is 18.1. The van der Waals surface area contributed by atoms with Crippen LogP contribution in [0.4, 0.5) is 0 Å². The molecule has 1 atom stereocenters. The molecule has 0 saturated heterocycles. The highest BCUT2D eigenvalue weighted by Gasteiger charge is 2.19. The summed E-state index contributed by atoms with van der Waals surface area (Å²) in [6.07, 6.45) is 62.4. The van der Waals surface area contributed by atoms with Gasteiger partial charge in [0.1, 0.15) is 13.2 Å². The topological polar surface area (TPSA) is 78.9 Å². The summed E-state index contributed by atoms with van der Waals surface area (Å²) >= 11 is 0. The molecular weight excluding hydrogens is 781 g/mol. The van der Waals surface area contributed by atoms with Gasteiger partial charge in [-0.1, -0.05) is 230 Å². The lowest BCUT2D eigenvalue weighted by atomic mass is 10.0. The summed E-state index contributed by atoms with van der Waals surface area (Å²) < 4.78 is 16.8. The molecule has 63 heavy (non-hydrogen) atoms. The molecule has 0 aromatic carbocycles. The van der Waals surface area contributed by atoms with E-state index in [1.165, 1.54) is 141 Å². The summed E-state index contributed by atoms with van der Waals surface area (Å²) in [6.45, 7) is 6.50. The summed E-state index contributed by atoms with van der Waals surface area (Å²) in [5, 5.41) is 0. The van der Waals surface area contributed by atoms with Crippen LogP contribution in [-0.4, -0.2) is 37.2 Å².